The third-order valence-corrected chi connectivity index (χ3v) is 3.55. The number of rotatable bonds is 4. The number of thiophene rings is 1. The first-order valence-electron chi connectivity index (χ1n) is 5.77. The summed E-state index contributed by atoms with van der Waals surface area (Å²) in [6.07, 6.45) is 2.85. The molecule has 1 atom stereocenters. The first kappa shape index (κ1) is 12.1. The Hall–Kier alpha value is -1.37. The van der Waals surface area contributed by atoms with Gasteiger partial charge in [0.2, 0.25) is 0 Å². The Morgan fingerprint density at radius 3 is 3.24 bits per heavy atom. The zero-order valence-electron chi connectivity index (χ0n) is 10.2. The van der Waals surface area contributed by atoms with Crippen LogP contribution in [0.1, 0.15) is 31.9 Å². The number of fused-ring (bicyclic) bond motifs is 1. The fourth-order valence-electron chi connectivity index (χ4n) is 1.69. The van der Waals surface area contributed by atoms with Crippen molar-refractivity contribution in [1.82, 2.24) is 10.3 Å². The highest BCUT2D eigenvalue weighted by Gasteiger charge is 2.06. The minimum Gasteiger partial charge on any atom is -0.309 e. The van der Waals surface area contributed by atoms with Crippen LogP contribution in [-0.2, 0) is 0 Å². The molecule has 2 aromatic heterocycles. The van der Waals surface area contributed by atoms with E-state index in [-0.39, 0.29) is 0 Å². The average Bonchev–Trinajstić information content (AvgIpc) is 2.81. The fraction of sp³-hybridized carbons (Fsp3) is 0.357. The van der Waals surface area contributed by atoms with Crippen molar-refractivity contribution in [2.24, 2.45) is 0 Å². The standard InChI is InChI=1S/C14H16N2S/c1-3-4-5-7-15-11(2)12-9-14-13(16-10-12)6-8-17-14/h6,8-11,15H,5,7H2,1-2H3. The largest absolute Gasteiger partial charge is 0.309 e. The van der Waals surface area contributed by atoms with Crippen LogP contribution in [0, 0.1) is 11.8 Å². The predicted molar refractivity (Wildman–Crippen MR) is 74.1 cm³/mol. The highest BCUT2D eigenvalue weighted by Crippen LogP contribution is 2.22. The minimum atomic E-state index is 0.327. The van der Waals surface area contributed by atoms with E-state index in [0.717, 1.165) is 18.5 Å². The second-order valence-electron chi connectivity index (χ2n) is 3.93. The Morgan fingerprint density at radius 1 is 1.53 bits per heavy atom. The summed E-state index contributed by atoms with van der Waals surface area (Å²) >= 11 is 1.74. The van der Waals surface area contributed by atoms with Crippen LogP contribution in [-0.4, -0.2) is 11.5 Å². The number of nitrogens with one attached hydrogen (secondary N) is 1. The molecule has 0 aliphatic rings. The van der Waals surface area contributed by atoms with Crippen LogP contribution < -0.4 is 5.32 Å². The average molecular weight is 244 g/mol. The molecule has 0 aliphatic heterocycles. The highest BCUT2D eigenvalue weighted by molar-refractivity contribution is 7.17. The Morgan fingerprint density at radius 2 is 2.41 bits per heavy atom. The van der Waals surface area contributed by atoms with E-state index in [1.807, 2.05) is 13.1 Å². The summed E-state index contributed by atoms with van der Waals surface area (Å²) in [5, 5.41) is 5.53. The Labute approximate surface area is 106 Å². The molecule has 17 heavy (non-hydrogen) atoms. The highest BCUT2D eigenvalue weighted by atomic mass is 32.1. The summed E-state index contributed by atoms with van der Waals surface area (Å²) in [5.74, 6) is 5.96. The van der Waals surface area contributed by atoms with Gasteiger partial charge in [0.05, 0.1) is 10.2 Å². The Balaban J connectivity index is 2.01. The van der Waals surface area contributed by atoms with E-state index in [2.05, 4.69) is 46.6 Å². The predicted octanol–water partition coefficient (Wildman–Crippen LogP) is 3.36. The third kappa shape index (κ3) is 3.06. The molecule has 0 aromatic carbocycles. The van der Waals surface area contributed by atoms with E-state index in [1.54, 1.807) is 11.3 Å². The van der Waals surface area contributed by atoms with E-state index in [0.29, 0.717) is 6.04 Å². The Bertz CT molecular complexity index is 548. The molecule has 2 aromatic rings. The smallest absolute Gasteiger partial charge is 0.0809 e. The molecule has 0 radical (unpaired) electrons. The first-order valence-corrected chi connectivity index (χ1v) is 6.65. The number of aromatic nitrogens is 1. The normalized spacial score (nSPS) is 12.1. The summed E-state index contributed by atoms with van der Waals surface area (Å²) in [5.41, 5.74) is 2.33. The maximum atomic E-state index is 4.45. The van der Waals surface area contributed by atoms with Crippen molar-refractivity contribution in [3.63, 3.8) is 0 Å². The van der Waals surface area contributed by atoms with E-state index in [4.69, 9.17) is 0 Å². The van der Waals surface area contributed by atoms with Crippen LogP contribution >= 0.6 is 11.3 Å². The van der Waals surface area contributed by atoms with Gasteiger partial charge < -0.3 is 5.32 Å². The maximum absolute atomic E-state index is 4.45. The summed E-state index contributed by atoms with van der Waals surface area (Å²) in [6.45, 7) is 4.96. The van der Waals surface area contributed by atoms with Crippen LogP contribution in [0.3, 0.4) is 0 Å². The van der Waals surface area contributed by atoms with Crippen LogP contribution in [0.15, 0.2) is 23.7 Å². The van der Waals surface area contributed by atoms with E-state index < -0.39 is 0 Å². The van der Waals surface area contributed by atoms with Crippen molar-refractivity contribution in [1.29, 1.82) is 0 Å². The van der Waals surface area contributed by atoms with E-state index in [1.165, 1.54) is 10.3 Å². The van der Waals surface area contributed by atoms with E-state index >= 15 is 0 Å². The van der Waals surface area contributed by atoms with Gasteiger partial charge in [-0.05, 0) is 36.9 Å². The molecule has 0 fully saturated rings. The van der Waals surface area contributed by atoms with Gasteiger partial charge in [-0.25, -0.2) is 0 Å². The van der Waals surface area contributed by atoms with Crippen LogP contribution in [0.5, 0.6) is 0 Å². The second-order valence-corrected chi connectivity index (χ2v) is 4.87. The SMILES string of the molecule is CC#CCCNC(C)c1cnc2ccsc2c1. The summed E-state index contributed by atoms with van der Waals surface area (Å²) < 4.78 is 1.25. The lowest BCUT2D eigenvalue weighted by Gasteiger charge is -2.12. The molecular formula is C14H16N2S. The lowest BCUT2D eigenvalue weighted by atomic mass is 10.1. The molecule has 0 amide bonds. The Kier molecular flexibility index (Phi) is 4.13. The summed E-state index contributed by atoms with van der Waals surface area (Å²) in [6, 6.07) is 4.60. The van der Waals surface area contributed by atoms with Crippen molar-refractivity contribution in [2.75, 3.05) is 6.54 Å². The molecule has 0 spiro atoms. The molecule has 2 rings (SSSR count). The molecule has 3 heteroatoms. The third-order valence-electron chi connectivity index (χ3n) is 2.70. The van der Waals surface area contributed by atoms with Crippen molar-refractivity contribution in [3.05, 3.63) is 29.3 Å². The summed E-state index contributed by atoms with van der Waals surface area (Å²) in [7, 11) is 0. The molecule has 2 heterocycles. The van der Waals surface area contributed by atoms with Crippen LogP contribution in [0.4, 0.5) is 0 Å². The number of nitrogens with zero attached hydrogens (tertiary/aromatic N) is 1. The fourth-order valence-corrected chi connectivity index (χ4v) is 2.48. The molecule has 0 bridgehead atoms. The summed E-state index contributed by atoms with van der Waals surface area (Å²) in [4.78, 5) is 4.45. The zero-order chi connectivity index (χ0) is 12.1. The molecule has 1 unspecified atom stereocenters. The topological polar surface area (TPSA) is 24.9 Å². The minimum absolute atomic E-state index is 0.327. The van der Waals surface area contributed by atoms with Gasteiger partial charge in [-0.3, -0.25) is 4.98 Å². The van der Waals surface area contributed by atoms with Crippen molar-refractivity contribution in [2.45, 2.75) is 26.3 Å². The maximum Gasteiger partial charge on any atom is 0.0809 e. The lowest BCUT2D eigenvalue weighted by molar-refractivity contribution is 0.583. The molecule has 2 nitrogen and oxygen atoms in total. The van der Waals surface area contributed by atoms with Gasteiger partial charge in [-0.2, -0.15) is 0 Å². The van der Waals surface area contributed by atoms with Gasteiger partial charge in [-0.1, -0.05) is 0 Å². The van der Waals surface area contributed by atoms with Crippen molar-refractivity contribution in [3.8, 4) is 11.8 Å². The molecular weight excluding hydrogens is 228 g/mol. The number of hydrogen-bond acceptors (Lipinski definition) is 3. The molecule has 0 aliphatic carbocycles. The molecule has 0 saturated heterocycles. The van der Waals surface area contributed by atoms with E-state index in [9.17, 15) is 0 Å². The van der Waals surface area contributed by atoms with Crippen LogP contribution in [0.2, 0.25) is 0 Å². The van der Waals surface area contributed by atoms with Gasteiger partial charge >= 0.3 is 0 Å². The van der Waals surface area contributed by atoms with Crippen molar-refractivity contribution >= 4 is 21.6 Å². The number of pyridine rings is 1. The monoisotopic (exact) mass is 244 g/mol. The van der Waals surface area contributed by atoms with Gasteiger partial charge in [0, 0.05) is 25.2 Å². The van der Waals surface area contributed by atoms with Gasteiger partial charge in [0.1, 0.15) is 0 Å². The van der Waals surface area contributed by atoms with Crippen molar-refractivity contribution < 1.29 is 0 Å². The zero-order valence-corrected chi connectivity index (χ0v) is 11.0. The van der Waals surface area contributed by atoms with Gasteiger partial charge in [0.15, 0.2) is 0 Å². The number of hydrogen-bond donors (Lipinski definition) is 1. The second kappa shape index (κ2) is 5.81. The molecule has 1 N–H and O–H groups in total. The lowest BCUT2D eigenvalue weighted by Crippen LogP contribution is -2.19. The van der Waals surface area contributed by atoms with Crippen LogP contribution in [0.25, 0.3) is 10.2 Å². The quantitative estimate of drug-likeness (QED) is 0.659. The molecule has 88 valence electrons. The van der Waals surface area contributed by atoms with Gasteiger partial charge in [0.25, 0.3) is 0 Å². The molecule has 0 saturated carbocycles. The van der Waals surface area contributed by atoms with Gasteiger partial charge in [-0.15, -0.1) is 23.2 Å². The first-order chi connectivity index (χ1) is 8.31.